The Kier molecular flexibility index (Phi) is 5.90. The topological polar surface area (TPSA) is 62.6 Å². The second-order valence-electron chi connectivity index (χ2n) is 6.47. The molecule has 0 saturated heterocycles. The summed E-state index contributed by atoms with van der Waals surface area (Å²) in [6.45, 7) is 8.29. The van der Waals surface area contributed by atoms with Crippen LogP contribution < -0.4 is 15.5 Å². The van der Waals surface area contributed by atoms with E-state index < -0.39 is 0 Å². The molecule has 0 aliphatic carbocycles. The van der Waals surface area contributed by atoms with E-state index in [2.05, 4.69) is 10.6 Å². The Bertz CT molecular complexity index is 506. The number of amides is 2. The van der Waals surface area contributed by atoms with Gasteiger partial charge in [-0.1, -0.05) is 18.2 Å². The summed E-state index contributed by atoms with van der Waals surface area (Å²) < 4.78 is 0. The molecule has 1 aromatic rings. The molecule has 116 valence electrons. The fourth-order valence-electron chi connectivity index (χ4n) is 1.98. The Morgan fingerprint density at radius 3 is 2.24 bits per heavy atom. The first kappa shape index (κ1) is 17.2. The molecule has 0 aliphatic heterocycles. The first-order valence-electron chi connectivity index (χ1n) is 7.15. The van der Waals surface area contributed by atoms with Crippen molar-refractivity contribution in [2.45, 2.75) is 33.2 Å². The number of hydrogen-bond acceptors (Lipinski definition) is 2. The number of para-hydroxylation sites is 1. The molecular weight excluding hydrogens is 266 g/mol. The second kappa shape index (κ2) is 7.22. The van der Waals surface area contributed by atoms with E-state index >= 15 is 0 Å². The van der Waals surface area contributed by atoms with Gasteiger partial charge < -0.3 is 15.5 Å². The third kappa shape index (κ3) is 6.90. The Balaban J connectivity index is 2.44. The summed E-state index contributed by atoms with van der Waals surface area (Å²) in [5, 5.41) is 5.76. The van der Waals surface area contributed by atoms with Crippen LogP contribution in [0.2, 0.25) is 0 Å². The highest BCUT2D eigenvalue weighted by Crippen LogP contribution is 2.12. The lowest BCUT2D eigenvalue weighted by atomic mass is 10.1. The van der Waals surface area contributed by atoms with Crippen LogP contribution in [0.15, 0.2) is 24.3 Å². The molecule has 21 heavy (non-hydrogen) atoms. The van der Waals surface area contributed by atoms with Gasteiger partial charge in [0.25, 0.3) is 11.8 Å². The molecule has 1 unspecified atom stereocenters. The summed E-state index contributed by atoms with van der Waals surface area (Å²) >= 11 is 0. The molecule has 0 aromatic heterocycles. The number of rotatable bonds is 5. The Morgan fingerprint density at radius 2 is 1.67 bits per heavy atom. The van der Waals surface area contributed by atoms with Gasteiger partial charge in [-0.05, 0) is 39.3 Å². The molecular formula is C16H26N3O2+. The first-order chi connectivity index (χ1) is 9.67. The lowest BCUT2D eigenvalue weighted by Gasteiger charge is -2.21. The predicted molar refractivity (Wildman–Crippen MR) is 84.3 cm³/mol. The molecule has 2 amide bonds. The number of carbonyl (C=O) groups is 2. The molecule has 5 heteroatoms. The van der Waals surface area contributed by atoms with Crippen molar-refractivity contribution in [3.05, 3.63) is 29.8 Å². The van der Waals surface area contributed by atoms with Gasteiger partial charge >= 0.3 is 0 Å². The summed E-state index contributed by atoms with van der Waals surface area (Å²) in [6.07, 6.45) is 0. The molecule has 1 atom stereocenters. The molecule has 0 radical (unpaired) electrons. The van der Waals surface area contributed by atoms with Crippen molar-refractivity contribution >= 4 is 17.5 Å². The maximum absolute atomic E-state index is 12.0. The number of aryl methyl sites for hydroxylation is 1. The Labute approximate surface area is 126 Å². The van der Waals surface area contributed by atoms with Crippen LogP contribution in [0.4, 0.5) is 5.69 Å². The minimum absolute atomic E-state index is 0.0521. The second-order valence-corrected chi connectivity index (χ2v) is 6.47. The van der Waals surface area contributed by atoms with Gasteiger partial charge in [0.15, 0.2) is 13.1 Å². The lowest BCUT2D eigenvalue weighted by molar-refractivity contribution is -0.862. The van der Waals surface area contributed by atoms with Gasteiger partial charge in [0.1, 0.15) is 0 Å². The fraction of sp³-hybridized carbons (Fsp3) is 0.500. The number of anilines is 1. The number of hydrogen-bond donors (Lipinski definition) is 3. The largest absolute Gasteiger partial charge is 0.347 e. The quantitative estimate of drug-likeness (QED) is 0.734. The minimum Gasteiger partial charge on any atom is -0.347 e. The minimum atomic E-state index is -0.249. The van der Waals surface area contributed by atoms with E-state index in [1.165, 1.54) is 0 Å². The molecule has 5 nitrogen and oxygen atoms in total. The van der Waals surface area contributed by atoms with E-state index in [-0.39, 0.29) is 30.4 Å². The fourth-order valence-corrected chi connectivity index (χ4v) is 1.98. The van der Waals surface area contributed by atoms with Crippen LogP contribution >= 0.6 is 0 Å². The van der Waals surface area contributed by atoms with E-state index in [9.17, 15) is 9.59 Å². The SMILES string of the molecule is Cc1ccccc1NC(=O)C[NH+](C)CC(=O)NC(C)(C)C. The molecule has 0 heterocycles. The van der Waals surface area contributed by atoms with E-state index in [0.29, 0.717) is 0 Å². The van der Waals surface area contributed by atoms with E-state index in [0.717, 1.165) is 16.2 Å². The van der Waals surface area contributed by atoms with Crippen molar-refractivity contribution in [1.29, 1.82) is 0 Å². The third-order valence-electron chi connectivity index (χ3n) is 2.86. The van der Waals surface area contributed by atoms with Crippen LogP contribution in [0.3, 0.4) is 0 Å². The number of likely N-dealkylation sites (N-methyl/N-ethyl adjacent to an activating group) is 1. The number of benzene rings is 1. The molecule has 1 rings (SSSR count). The van der Waals surface area contributed by atoms with Gasteiger partial charge in [-0.3, -0.25) is 9.59 Å². The lowest BCUT2D eigenvalue weighted by Crippen LogP contribution is -3.11. The van der Waals surface area contributed by atoms with Crippen molar-refractivity contribution in [3.63, 3.8) is 0 Å². The van der Waals surface area contributed by atoms with Gasteiger partial charge in [-0.15, -0.1) is 0 Å². The van der Waals surface area contributed by atoms with E-state index in [1.807, 2.05) is 59.0 Å². The van der Waals surface area contributed by atoms with Crippen molar-refractivity contribution in [2.24, 2.45) is 0 Å². The highest BCUT2D eigenvalue weighted by molar-refractivity contribution is 5.92. The summed E-state index contributed by atoms with van der Waals surface area (Å²) in [4.78, 5) is 24.6. The first-order valence-corrected chi connectivity index (χ1v) is 7.15. The molecule has 0 aliphatic rings. The van der Waals surface area contributed by atoms with Crippen molar-refractivity contribution in [1.82, 2.24) is 5.32 Å². The van der Waals surface area contributed by atoms with Gasteiger partial charge in [0.05, 0.1) is 7.05 Å². The zero-order chi connectivity index (χ0) is 16.0. The molecule has 3 N–H and O–H groups in total. The zero-order valence-corrected chi connectivity index (χ0v) is 13.5. The van der Waals surface area contributed by atoms with E-state index in [4.69, 9.17) is 0 Å². The Hall–Kier alpha value is -1.88. The van der Waals surface area contributed by atoms with Crippen molar-refractivity contribution < 1.29 is 14.5 Å². The maximum atomic E-state index is 12.0. The van der Waals surface area contributed by atoms with Gasteiger partial charge in [0.2, 0.25) is 0 Å². The monoisotopic (exact) mass is 292 g/mol. The number of carbonyl (C=O) groups excluding carboxylic acids is 2. The summed E-state index contributed by atoms with van der Waals surface area (Å²) in [5.74, 6) is -0.144. The molecule has 0 bridgehead atoms. The average molecular weight is 292 g/mol. The van der Waals surface area contributed by atoms with Gasteiger partial charge in [0, 0.05) is 11.2 Å². The average Bonchev–Trinajstić information content (AvgIpc) is 2.28. The molecule has 0 fully saturated rings. The Morgan fingerprint density at radius 1 is 1.10 bits per heavy atom. The zero-order valence-electron chi connectivity index (χ0n) is 13.5. The van der Waals surface area contributed by atoms with Crippen molar-refractivity contribution in [3.8, 4) is 0 Å². The van der Waals surface area contributed by atoms with Crippen LogP contribution in [-0.4, -0.2) is 37.5 Å². The maximum Gasteiger partial charge on any atom is 0.279 e. The molecule has 0 saturated carbocycles. The van der Waals surface area contributed by atoms with Crippen LogP contribution in [-0.2, 0) is 9.59 Å². The summed E-state index contributed by atoms with van der Waals surface area (Å²) in [6, 6.07) is 7.63. The van der Waals surface area contributed by atoms with Crippen molar-refractivity contribution in [2.75, 3.05) is 25.5 Å². The highest BCUT2D eigenvalue weighted by atomic mass is 16.2. The molecule has 0 spiro atoms. The normalized spacial score (nSPS) is 12.6. The number of nitrogens with one attached hydrogen (secondary N) is 3. The molecule has 1 aromatic carbocycles. The predicted octanol–water partition coefficient (Wildman–Crippen LogP) is 0.363. The van der Waals surface area contributed by atoms with Crippen LogP contribution in [0.1, 0.15) is 26.3 Å². The van der Waals surface area contributed by atoms with Crippen LogP contribution in [0, 0.1) is 6.92 Å². The van der Waals surface area contributed by atoms with Gasteiger partial charge in [-0.2, -0.15) is 0 Å². The van der Waals surface area contributed by atoms with Crippen LogP contribution in [0.5, 0.6) is 0 Å². The van der Waals surface area contributed by atoms with Crippen LogP contribution in [0.25, 0.3) is 0 Å². The third-order valence-corrected chi connectivity index (χ3v) is 2.86. The highest BCUT2D eigenvalue weighted by Gasteiger charge is 2.18. The smallest absolute Gasteiger partial charge is 0.279 e. The summed E-state index contributed by atoms with van der Waals surface area (Å²) in [7, 11) is 1.83. The number of quaternary nitrogens is 1. The van der Waals surface area contributed by atoms with E-state index in [1.54, 1.807) is 0 Å². The standard InChI is InChI=1S/C16H25N3O2/c1-12-8-6-7-9-13(12)17-14(20)10-19(5)11-15(21)18-16(2,3)4/h6-9H,10-11H2,1-5H3,(H,17,20)(H,18,21)/p+1. The van der Waals surface area contributed by atoms with Gasteiger partial charge in [-0.25, -0.2) is 0 Å². The summed E-state index contributed by atoms with van der Waals surface area (Å²) in [5.41, 5.74) is 1.59.